The van der Waals surface area contributed by atoms with E-state index >= 15 is 0 Å². The van der Waals surface area contributed by atoms with E-state index < -0.39 is 35.3 Å². The van der Waals surface area contributed by atoms with Crippen LogP contribution in [0.5, 0.6) is 0 Å². The Hall–Kier alpha value is -2.09. The Kier molecular flexibility index (Phi) is 3.82. The van der Waals surface area contributed by atoms with Gasteiger partial charge in [-0.15, -0.1) is 0 Å². The number of aliphatic hydroxyl groups excluding tert-OH is 1. The molecule has 24 heavy (non-hydrogen) atoms. The fourth-order valence-corrected chi connectivity index (χ4v) is 3.02. The number of carbonyl (C=O) groups excluding carboxylic acids is 2. The second-order valence-corrected chi connectivity index (χ2v) is 6.46. The highest BCUT2D eigenvalue weighted by Gasteiger charge is 2.56. The van der Waals surface area contributed by atoms with Crippen LogP contribution in [0.15, 0.2) is 24.3 Å². The summed E-state index contributed by atoms with van der Waals surface area (Å²) in [6.07, 6.45) is -4.23. The topological polar surface area (TPSA) is 69.6 Å². The largest absolute Gasteiger partial charge is 0.416 e. The van der Waals surface area contributed by atoms with Crippen molar-refractivity contribution in [1.29, 1.82) is 0 Å². The van der Waals surface area contributed by atoms with Gasteiger partial charge in [0.05, 0.1) is 18.2 Å². The molecule has 2 atom stereocenters. The number of nitrogens with one attached hydrogen (secondary N) is 1. The molecule has 1 aromatic carbocycles. The van der Waals surface area contributed by atoms with Crippen molar-refractivity contribution in [2.24, 2.45) is 5.92 Å². The van der Waals surface area contributed by atoms with Crippen LogP contribution in [0.25, 0.3) is 0 Å². The summed E-state index contributed by atoms with van der Waals surface area (Å²) in [6.45, 7) is 1.26. The lowest BCUT2D eigenvalue weighted by Crippen LogP contribution is -2.46. The average Bonchev–Trinajstić information content (AvgIpc) is 3.33. The standard InChI is InChI=1S/C16H17F3N2O3/c1-15(10-5-6-10)13(23)21(14(24)20-15)8-12(22)9-3-2-4-11(7-9)16(17,18)19/h2-4,7,10,12,22H,5-6,8H2,1H3,(H,20,24)/t12-,15+/m0/s1. The Morgan fingerprint density at radius 3 is 2.62 bits per heavy atom. The van der Waals surface area contributed by atoms with Crippen molar-refractivity contribution in [1.82, 2.24) is 10.2 Å². The molecule has 0 bridgehead atoms. The highest BCUT2D eigenvalue weighted by Crippen LogP contribution is 2.43. The lowest BCUT2D eigenvalue weighted by atomic mass is 9.96. The van der Waals surface area contributed by atoms with Gasteiger partial charge in [0.15, 0.2) is 0 Å². The molecule has 1 heterocycles. The van der Waals surface area contributed by atoms with Gasteiger partial charge in [-0.05, 0) is 43.4 Å². The van der Waals surface area contributed by atoms with Gasteiger partial charge in [0.1, 0.15) is 5.54 Å². The number of urea groups is 1. The summed E-state index contributed by atoms with van der Waals surface area (Å²) < 4.78 is 38.2. The third-order valence-electron chi connectivity index (χ3n) is 4.65. The quantitative estimate of drug-likeness (QED) is 0.826. The zero-order chi connectivity index (χ0) is 17.7. The summed E-state index contributed by atoms with van der Waals surface area (Å²) in [4.78, 5) is 25.4. The van der Waals surface area contributed by atoms with Crippen LogP contribution in [-0.4, -0.2) is 34.0 Å². The van der Waals surface area contributed by atoms with Gasteiger partial charge in [-0.25, -0.2) is 4.79 Å². The monoisotopic (exact) mass is 342 g/mol. The molecule has 3 amide bonds. The van der Waals surface area contributed by atoms with Gasteiger partial charge in [-0.1, -0.05) is 12.1 Å². The summed E-state index contributed by atoms with van der Waals surface area (Å²) in [5.41, 5.74) is -1.87. The van der Waals surface area contributed by atoms with Gasteiger partial charge in [0.2, 0.25) is 0 Å². The maximum absolute atomic E-state index is 12.7. The number of alkyl halides is 3. The molecular formula is C16H17F3N2O3. The van der Waals surface area contributed by atoms with Crippen molar-refractivity contribution in [3.63, 3.8) is 0 Å². The summed E-state index contributed by atoms with van der Waals surface area (Å²) in [5.74, 6) is -0.370. The number of hydrogen-bond donors (Lipinski definition) is 2. The van der Waals surface area contributed by atoms with Crippen molar-refractivity contribution >= 4 is 11.9 Å². The molecule has 1 aromatic rings. The first-order valence-electron chi connectivity index (χ1n) is 7.62. The molecule has 0 unspecified atom stereocenters. The van der Waals surface area contributed by atoms with Crippen molar-refractivity contribution < 1.29 is 27.9 Å². The zero-order valence-electron chi connectivity index (χ0n) is 12.9. The predicted molar refractivity (Wildman–Crippen MR) is 77.8 cm³/mol. The first kappa shape index (κ1) is 16.8. The molecule has 0 aromatic heterocycles. The first-order chi connectivity index (χ1) is 11.1. The van der Waals surface area contributed by atoms with Crippen LogP contribution in [0.2, 0.25) is 0 Å². The minimum Gasteiger partial charge on any atom is -0.387 e. The van der Waals surface area contributed by atoms with Gasteiger partial charge in [-0.2, -0.15) is 13.2 Å². The smallest absolute Gasteiger partial charge is 0.387 e. The maximum Gasteiger partial charge on any atom is 0.416 e. The van der Waals surface area contributed by atoms with Crippen LogP contribution in [-0.2, 0) is 11.0 Å². The third kappa shape index (κ3) is 2.86. The normalized spacial score (nSPS) is 25.8. The van der Waals surface area contributed by atoms with Gasteiger partial charge >= 0.3 is 12.2 Å². The van der Waals surface area contributed by atoms with Crippen molar-refractivity contribution in [3.05, 3.63) is 35.4 Å². The lowest BCUT2D eigenvalue weighted by molar-refractivity contribution is -0.138. The van der Waals surface area contributed by atoms with E-state index in [-0.39, 0.29) is 18.0 Å². The number of amides is 3. The number of aliphatic hydroxyl groups is 1. The van der Waals surface area contributed by atoms with Crippen LogP contribution in [0.3, 0.4) is 0 Å². The molecule has 2 aliphatic rings. The minimum atomic E-state index is -4.53. The molecule has 0 radical (unpaired) electrons. The van der Waals surface area contributed by atoms with E-state index in [0.717, 1.165) is 29.9 Å². The number of hydrogen-bond acceptors (Lipinski definition) is 3. The molecule has 3 rings (SSSR count). The number of imide groups is 1. The highest BCUT2D eigenvalue weighted by atomic mass is 19.4. The van der Waals surface area contributed by atoms with Gasteiger partial charge < -0.3 is 10.4 Å². The van der Waals surface area contributed by atoms with Crippen LogP contribution < -0.4 is 5.32 Å². The van der Waals surface area contributed by atoms with E-state index in [4.69, 9.17) is 0 Å². The number of benzene rings is 1. The number of nitrogens with zero attached hydrogens (tertiary/aromatic N) is 1. The van der Waals surface area contributed by atoms with Crippen LogP contribution in [0.1, 0.15) is 37.0 Å². The summed E-state index contributed by atoms with van der Waals surface area (Å²) in [5, 5.41) is 12.8. The van der Waals surface area contributed by atoms with Crippen molar-refractivity contribution in [3.8, 4) is 0 Å². The molecule has 8 heteroatoms. The Balaban J connectivity index is 1.76. The molecule has 0 spiro atoms. The van der Waals surface area contributed by atoms with Crippen LogP contribution in [0, 0.1) is 5.92 Å². The summed E-state index contributed by atoms with van der Waals surface area (Å²) >= 11 is 0. The molecule has 1 saturated heterocycles. The fourth-order valence-electron chi connectivity index (χ4n) is 3.02. The van der Waals surface area contributed by atoms with Crippen molar-refractivity contribution in [2.75, 3.05) is 6.54 Å². The Bertz CT molecular complexity index is 687. The maximum atomic E-state index is 12.7. The van der Waals surface area contributed by atoms with E-state index in [9.17, 15) is 27.9 Å². The van der Waals surface area contributed by atoms with Crippen LogP contribution in [0.4, 0.5) is 18.0 Å². The zero-order valence-corrected chi connectivity index (χ0v) is 12.9. The van der Waals surface area contributed by atoms with Gasteiger partial charge in [0.25, 0.3) is 5.91 Å². The molecule has 5 nitrogen and oxygen atoms in total. The van der Waals surface area contributed by atoms with Crippen molar-refractivity contribution in [2.45, 2.75) is 37.6 Å². The summed E-state index contributed by atoms with van der Waals surface area (Å²) in [7, 11) is 0. The average molecular weight is 342 g/mol. The molecular weight excluding hydrogens is 325 g/mol. The second kappa shape index (κ2) is 5.47. The Morgan fingerprint density at radius 1 is 1.38 bits per heavy atom. The SMILES string of the molecule is C[C@]1(C2CC2)NC(=O)N(C[C@H](O)c2cccc(C(F)(F)F)c2)C1=O. The minimum absolute atomic E-state index is 0.00505. The molecule has 1 saturated carbocycles. The molecule has 2 fully saturated rings. The van der Waals surface area contributed by atoms with E-state index in [1.807, 2.05) is 0 Å². The fraction of sp³-hybridized carbons (Fsp3) is 0.500. The number of β-amino-alcohol motifs (C(OH)–C–C–N with tert-alkyl or cyclic N) is 1. The van der Waals surface area contributed by atoms with Gasteiger partial charge in [-0.3, -0.25) is 9.69 Å². The number of rotatable bonds is 4. The molecule has 1 aliphatic heterocycles. The Morgan fingerprint density at radius 2 is 2.04 bits per heavy atom. The predicted octanol–water partition coefficient (Wildman–Crippen LogP) is 2.46. The van der Waals surface area contributed by atoms with E-state index in [1.165, 1.54) is 12.1 Å². The second-order valence-electron chi connectivity index (χ2n) is 6.46. The van der Waals surface area contributed by atoms with E-state index in [0.29, 0.717) is 0 Å². The number of carbonyl (C=O) groups is 2. The van der Waals surface area contributed by atoms with Gasteiger partial charge in [0, 0.05) is 0 Å². The molecule has 2 N–H and O–H groups in total. The van der Waals surface area contributed by atoms with E-state index in [1.54, 1.807) is 6.92 Å². The Labute approximate surface area is 136 Å². The lowest BCUT2D eigenvalue weighted by Gasteiger charge is -2.22. The molecule has 130 valence electrons. The molecule has 1 aliphatic carbocycles. The summed E-state index contributed by atoms with van der Waals surface area (Å²) in [6, 6.07) is 3.61. The first-order valence-corrected chi connectivity index (χ1v) is 7.62. The number of halogens is 3. The third-order valence-corrected chi connectivity index (χ3v) is 4.65. The highest BCUT2D eigenvalue weighted by molar-refractivity contribution is 6.07. The van der Waals surface area contributed by atoms with E-state index in [2.05, 4.69) is 5.32 Å². The van der Waals surface area contributed by atoms with Crippen LogP contribution >= 0.6 is 0 Å².